The first-order chi connectivity index (χ1) is 5.77. The minimum atomic E-state index is 0.0248. The van der Waals surface area contributed by atoms with Crippen LogP contribution >= 0.6 is 0 Å². The third kappa shape index (κ3) is 2.19. The van der Waals surface area contributed by atoms with Gasteiger partial charge in [-0.05, 0) is 12.8 Å². The van der Waals surface area contributed by atoms with Crippen LogP contribution in [0.5, 0.6) is 0 Å². The van der Waals surface area contributed by atoms with Crippen LogP contribution in [0.2, 0.25) is 0 Å². The van der Waals surface area contributed by atoms with E-state index < -0.39 is 0 Å². The van der Waals surface area contributed by atoms with E-state index in [4.69, 9.17) is 10.5 Å². The summed E-state index contributed by atoms with van der Waals surface area (Å²) in [6.45, 7) is 1.64. The van der Waals surface area contributed by atoms with Crippen molar-refractivity contribution in [2.24, 2.45) is 5.73 Å². The van der Waals surface area contributed by atoms with Crippen LogP contribution in [0.4, 0.5) is 0 Å². The van der Waals surface area contributed by atoms with Crippen LogP contribution in [0.15, 0.2) is 0 Å². The molecule has 4 heteroatoms. The topological polar surface area (TPSA) is 55.6 Å². The Hall–Kier alpha value is -0.610. The van der Waals surface area contributed by atoms with Gasteiger partial charge >= 0.3 is 0 Å². The highest BCUT2D eigenvalue weighted by atomic mass is 16.5. The minimum Gasteiger partial charge on any atom is -0.380 e. The van der Waals surface area contributed by atoms with Gasteiger partial charge in [0.15, 0.2) is 0 Å². The van der Waals surface area contributed by atoms with E-state index in [9.17, 15) is 4.79 Å². The third-order valence-electron chi connectivity index (χ3n) is 2.24. The maximum atomic E-state index is 11.2. The van der Waals surface area contributed by atoms with Crippen LogP contribution in [0.25, 0.3) is 0 Å². The Balaban J connectivity index is 2.40. The summed E-state index contributed by atoms with van der Waals surface area (Å²) in [4.78, 5) is 12.9. The summed E-state index contributed by atoms with van der Waals surface area (Å²) >= 11 is 0. The van der Waals surface area contributed by atoms with Crippen molar-refractivity contribution in [1.82, 2.24) is 4.90 Å². The zero-order valence-corrected chi connectivity index (χ0v) is 7.45. The van der Waals surface area contributed by atoms with E-state index in [1.807, 2.05) is 0 Å². The van der Waals surface area contributed by atoms with Crippen LogP contribution < -0.4 is 5.73 Å². The smallest absolute Gasteiger partial charge is 0.236 e. The van der Waals surface area contributed by atoms with Crippen LogP contribution in [0, 0.1) is 0 Å². The Morgan fingerprint density at radius 3 is 3.08 bits per heavy atom. The van der Waals surface area contributed by atoms with Gasteiger partial charge in [-0.15, -0.1) is 0 Å². The first-order valence-electron chi connectivity index (χ1n) is 4.28. The highest BCUT2D eigenvalue weighted by Crippen LogP contribution is 2.11. The first-order valence-corrected chi connectivity index (χ1v) is 4.28. The molecule has 0 aliphatic carbocycles. The fraction of sp³-hybridized carbons (Fsp3) is 0.875. The molecular weight excluding hydrogens is 156 g/mol. The second-order valence-electron chi connectivity index (χ2n) is 3.04. The summed E-state index contributed by atoms with van der Waals surface area (Å²) < 4.78 is 5.18. The lowest BCUT2D eigenvalue weighted by molar-refractivity contribution is -0.133. The first kappa shape index (κ1) is 9.48. The predicted molar refractivity (Wildman–Crippen MR) is 45.7 cm³/mol. The van der Waals surface area contributed by atoms with Crippen LogP contribution in [-0.2, 0) is 9.53 Å². The van der Waals surface area contributed by atoms with Gasteiger partial charge < -0.3 is 15.4 Å². The van der Waals surface area contributed by atoms with Crippen LogP contribution in [0.1, 0.15) is 12.8 Å². The third-order valence-corrected chi connectivity index (χ3v) is 2.24. The zero-order valence-electron chi connectivity index (χ0n) is 7.45. The van der Waals surface area contributed by atoms with Crippen LogP contribution in [0.3, 0.4) is 0 Å². The number of hydrogen-bond donors (Lipinski definition) is 1. The molecule has 1 amide bonds. The van der Waals surface area contributed by atoms with E-state index in [2.05, 4.69) is 0 Å². The lowest BCUT2D eigenvalue weighted by Crippen LogP contribution is -2.45. The minimum absolute atomic E-state index is 0.0248. The molecular formula is C8H16N2O2. The lowest BCUT2D eigenvalue weighted by atomic mass is 10.1. The molecule has 0 bridgehead atoms. The van der Waals surface area contributed by atoms with Gasteiger partial charge in [-0.3, -0.25) is 4.79 Å². The molecule has 0 radical (unpaired) electrons. The van der Waals surface area contributed by atoms with Gasteiger partial charge in [-0.1, -0.05) is 0 Å². The van der Waals surface area contributed by atoms with Crippen LogP contribution in [-0.4, -0.2) is 43.7 Å². The van der Waals surface area contributed by atoms with Crippen molar-refractivity contribution in [1.29, 1.82) is 0 Å². The molecule has 1 heterocycles. The molecule has 1 rings (SSSR count). The molecule has 1 aliphatic heterocycles. The number of carbonyl (C=O) groups excluding carboxylic acids is 1. The monoisotopic (exact) mass is 172 g/mol. The van der Waals surface area contributed by atoms with Crippen molar-refractivity contribution in [2.75, 3.05) is 26.7 Å². The molecule has 1 aliphatic rings. The Bertz CT molecular complexity index is 161. The summed E-state index contributed by atoms with van der Waals surface area (Å²) in [5.41, 5.74) is 5.26. The Labute approximate surface area is 72.7 Å². The largest absolute Gasteiger partial charge is 0.380 e. The summed E-state index contributed by atoms with van der Waals surface area (Å²) in [5.74, 6) is 0.0248. The summed E-state index contributed by atoms with van der Waals surface area (Å²) in [7, 11) is 1.68. The fourth-order valence-electron chi connectivity index (χ4n) is 1.49. The number of nitrogens with two attached hydrogens (primary N) is 1. The number of amides is 1. The Morgan fingerprint density at radius 1 is 1.75 bits per heavy atom. The van der Waals surface area contributed by atoms with Gasteiger partial charge in [-0.2, -0.15) is 0 Å². The van der Waals surface area contributed by atoms with Gasteiger partial charge in [0.2, 0.25) is 5.91 Å². The van der Waals surface area contributed by atoms with Gasteiger partial charge in [0.25, 0.3) is 0 Å². The molecule has 0 aromatic heterocycles. The number of rotatable bonds is 2. The quantitative estimate of drug-likeness (QED) is 0.615. The molecule has 70 valence electrons. The second-order valence-corrected chi connectivity index (χ2v) is 3.04. The average Bonchev–Trinajstić information content (AvgIpc) is 2.17. The van der Waals surface area contributed by atoms with Gasteiger partial charge in [0, 0.05) is 20.2 Å². The molecule has 0 spiro atoms. The SMILES string of the molecule is COC1CCCN(C(=O)CN)C1. The summed E-state index contributed by atoms with van der Waals surface area (Å²) in [5, 5.41) is 0. The number of ether oxygens (including phenoxy) is 1. The van der Waals surface area contributed by atoms with Crippen molar-refractivity contribution in [3.63, 3.8) is 0 Å². The summed E-state index contributed by atoms with van der Waals surface area (Å²) in [6.07, 6.45) is 2.27. The number of piperidine rings is 1. The van der Waals surface area contributed by atoms with Gasteiger partial charge in [0.1, 0.15) is 0 Å². The lowest BCUT2D eigenvalue weighted by Gasteiger charge is -2.31. The second kappa shape index (κ2) is 4.42. The molecule has 12 heavy (non-hydrogen) atoms. The van der Waals surface area contributed by atoms with E-state index >= 15 is 0 Å². The molecule has 0 saturated carbocycles. The predicted octanol–water partition coefficient (Wildman–Crippen LogP) is -0.417. The van der Waals surface area contributed by atoms with Crippen molar-refractivity contribution in [3.8, 4) is 0 Å². The van der Waals surface area contributed by atoms with E-state index in [-0.39, 0.29) is 18.6 Å². The maximum Gasteiger partial charge on any atom is 0.236 e. The van der Waals surface area contributed by atoms with Gasteiger partial charge in [-0.25, -0.2) is 0 Å². The molecule has 0 aromatic rings. The van der Waals surface area contributed by atoms with E-state index in [0.29, 0.717) is 6.54 Å². The Kier molecular flexibility index (Phi) is 3.49. The standard InChI is InChI=1S/C8H16N2O2/c1-12-7-3-2-4-10(6-7)8(11)5-9/h7H,2-6,9H2,1H3. The zero-order chi connectivity index (χ0) is 8.97. The average molecular weight is 172 g/mol. The van der Waals surface area contributed by atoms with Crippen molar-refractivity contribution >= 4 is 5.91 Å². The maximum absolute atomic E-state index is 11.2. The van der Waals surface area contributed by atoms with E-state index in [1.165, 1.54) is 0 Å². The molecule has 1 saturated heterocycles. The molecule has 1 fully saturated rings. The normalized spacial score (nSPS) is 24.2. The van der Waals surface area contributed by atoms with E-state index in [0.717, 1.165) is 19.4 Å². The number of carbonyl (C=O) groups is 1. The Morgan fingerprint density at radius 2 is 2.50 bits per heavy atom. The fourth-order valence-corrected chi connectivity index (χ4v) is 1.49. The molecule has 1 unspecified atom stereocenters. The van der Waals surface area contributed by atoms with Gasteiger partial charge in [0.05, 0.1) is 12.6 Å². The number of likely N-dealkylation sites (tertiary alicyclic amines) is 1. The highest BCUT2D eigenvalue weighted by Gasteiger charge is 2.21. The molecule has 0 aromatic carbocycles. The number of nitrogens with zero attached hydrogens (tertiary/aromatic N) is 1. The number of hydrogen-bond acceptors (Lipinski definition) is 3. The number of methoxy groups -OCH3 is 1. The molecule has 1 atom stereocenters. The van der Waals surface area contributed by atoms with Crippen molar-refractivity contribution < 1.29 is 9.53 Å². The summed E-state index contributed by atoms with van der Waals surface area (Å²) in [6, 6.07) is 0. The van der Waals surface area contributed by atoms with Crippen molar-refractivity contribution in [3.05, 3.63) is 0 Å². The van der Waals surface area contributed by atoms with Crippen molar-refractivity contribution in [2.45, 2.75) is 18.9 Å². The van der Waals surface area contributed by atoms with E-state index in [1.54, 1.807) is 12.0 Å². The molecule has 4 nitrogen and oxygen atoms in total. The highest BCUT2D eigenvalue weighted by molar-refractivity contribution is 5.78. The molecule has 2 N–H and O–H groups in total.